The summed E-state index contributed by atoms with van der Waals surface area (Å²) in [7, 11) is 1.25. The molecular formula is C16H20O7. The van der Waals surface area contributed by atoms with Crippen molar-refractivity contribution in [3.8, 4) is 0 Å². The van der Waals surface area contributed by atoms with Gasteiger partial charge in [-0.25, -0.2) is 4.79 Å². The van der Waals surface area contributed by atoms with Crippen molar-refractivity contribution in [1.82, 2.24) is 0 Å². The summed E-state index contributed by atoms with van der Waals surface area (Å²) >= 11 is 0. The normalized spacial score (nSPS) is 55.7. The maximum atomic E-state index is 12.4. The molecule has 3 aliphatic heterocycles. The summed E-state index contributed by atoms with van der Waals surface area (Å²) < 4.78 is 15.9. The molecule has 23 heavy (non-hydrogen) atoms. The van der Waals surface area contributed by atoms with Crippen molar-refractivity contribution in [3.05, 3.63) is 12.2 Å². The Morgan fingerprint density at radius 2 is 2.13 bits per heavy atom. The van der Waals surface area contributed by atoms with Gasteiger partial charge in [0.15, 0.2) is 0 Å². The first-order valence-corrected chi connectivity index (χ1v) is 7.69. The average molecular weight is 324 g/mol. The Morgan fingerprint density at radius 1 is 1.48 bits per heavy atom. The Labute approximate surface area is 133 Å². The van der Waals surface area contributed by atoms with Gasteiger partial charge in [-0.2, -0.15) is 0 Å². The van der Waals surface area contributed by atoms with Crippen LogP contribution in [-0.4, -0.2) is 58.8 Å². The molecule has 2 bridgehead atoms. The first-order valence-electron chi connectivity index (χ1n) is 7.69. The van der Waals surface area contributed by atoms with Crippen LogP contribution in [0.15, 0.2) is 12.2 Å². The second kappa shape index (κ2) is 3.96. The van der Waals surface area contributed by atoms with Gasteiger partial charge >= 0.3 is 11.9 Å². The first kappa shape index (κ1) is 15.1. The summed E-state index contributed by atoms with van der Waals surface area (Å²) in [6.07, 6.45) is -2.52. The Balaban J connectivity index is 1.91. The highest BCUT2D eigenvalue weighted by Gasteiger charge is 2.92. The molecule has 0 aromatic carbocycles. The van der Waals surface area contributed by atoms with Crippen LogP contribution in [0, 0.1) is 17.3 Å². The number of esters is 2. The van der Waals surface area contributed by atoms with Crippen LogP contribution in [0.4, 0.5) is 0 Å². The topological polar surface area (TPSA) is 106 Å². The summed E-state index contributed by atoms with van der Waals surface area (Å²) in [6.45, 7) is 7.20. The lowest BCUT2D eigenvalue weighted by Crippen LogP contribution is -2.77. The van der Waals surface area contributed by atoms with Crippen LogP contribution in [0.5, 0.6) is 0 Å². The maximum absolute atomic E-state index is 12.4. The van der Waals surface area contributed by atoms with Crippen molar-refractivity contribution in [1.29, 1.82) is 0 Å². The minimum Gasteiger partial charge on any atom is -0.467 e. The molecule has 3 saturated heterocycles. The third kappa shape index (κ3) is 1.27. The highest BCUT2D eigenvalue weighted by Crippen LogP contribution is 2.74. The predicted molar refractivity (Wildman–Crippen MR) is 75.0 cm³/mol. The second-order valence-electron chi connectivity index (χ2n) is 7.36. The van der Waals surface area contributed by atoms with Crippen molar-refractivity contribution in [2.24, 2.45) is 17.3 Å². The SMILES string of the molecule is C=C(C)[C@H]1[C@H](O)[C@H]2OC(=O)[C@@H]1[C@]1(O)C[C@@H]3O[C@]3(C(=O)OC)[C@@]21C. The monoisotopic (exact) mass is 324 g/mol. The van der Waals surface area contributed by atoms with Gasteiger partial charge in [-0.3, -0.25) is 4.79 Å². The molecule has 0 spiro atoms. The molecule has 0 unspecified atom stereocenters. The smallest absolute Gasteiger partial charge is 0.341 e. The van der Waals surface area contributed by atoms with Crippen LogP contribution >= 0.6 is 0 Å². The largest absolute Gasteiger partial charge is 0.467 e. The zero-order valence-corrected chi connectivity index (χ0v) is 13.2. The summed E-state index contributed by atoms with van der Waals surface area (Å²) in [5.41, 5.74) is -3.54. The number of epoxide rings is 1. The number of rotatable bonds is 2. The molecule has 5 rings (SSSR count). The van der Waals surface area contributed by atoms with E-state index < -0.39 is 58.7 Å². The molecule has 0 radical (unpaired) electrons. The van der Waals surface area contributed by atoms with Crippen molar-refractivity contribution in [2.75, 3.05) is 7.11 Å². The highest BCUT2D eigenvalue weighted by atomic mass is 16.7. The van der Waals surface area contributed by atoms with Gasteiger partial charge < -0.3 is 24.4 Å². The number of ether oxygens (including phenoxy) is 3. The Hall–Kier alpha value is -1.44. The van der Waals surface area contributed by atoms with Crippen molar-refractivity contribution < 1.29 is 34.0 Å². The molecule has 5 fully saturated rings. The van der Waals surface area contributed by atoms with Crippen LogP contribution in [0.2, 0.25) is 0 Å². The highest BCUT2D eigenvalue weighted by molar-refractivity contribution is 5.89. The summed E-state index contributed by atoms with van der Waals surface area (Å²) in [4.78, 5) is 24.7. The van der Waals surface area contributed by atoms with E-state index in [1.807, 2.05) is 0 Å². The maximum Gasteiger partial charge on any atom is 0.341 e. The minimum absolute atomic E-state index is 0.130. The van der Waals surface area contributed by atoms with Gasteiger partial charge in [-0.05, 0) is 13.8 Å². The lowest BCUT2D eigenvalue weighted by molar-refractivity contribution is -0.301. The molecular weight excluding hydrogens is 304 g/mol. The van der Waals surface area contributed by atoms with Crippen LogP contribution in [0.1, 0.15) is 20.3 Å². The van der Waals surface area contributed by atoms with Crippen molar-refractivity contribution in [3.63, 3.8) is 0 Å². The molecule has 2 N–H and O–H groups in total. The van der Waals surface area contributed by atoms with Gasteiger partial charge in [0.05, 0.1) is 30.1 Å². The van der Waals surface area contributed by atoms with Gasteiger partial charge in [-0.15, -0.1) is 0 Å². The number of aliphatic hydroxyl groups is 2. The standard InChI is InChI=1S/C16H20O7/c1-6(2)8-9-12(18)22-11(10(8)17)14(3)15(9,20)5-7-16(14,23-7)13(19)21-4/h7-11,17,20H,1,5H2,2-4H3/t7-,8+,9+,10-,11+,14-,15+,16+/m0/s1. The molecule has 5 aliphatic rings. The van der Waals surface area contributed by atoms with Crippen LogP contribution in [0.25, 0.3) is 0 Å². The average Bonchev–Trinajstić information content (AvgIpc) is 3.15. The first-order chi connectivity index (χ1) is 10.7. The molecule has 3 heterocycles. The van der Waals surface area contributed by atoms with Gasteiger partial charge in [-0.1, -0.05) is 12.2 Å². The number of aliphatic hydroxyl groups excluding tert-OH is 1. The molecule has 2 aliphatic carbocycles. The van der Waals surface area contributed by atoms with Gasteiger partial charge in [0.1, 0.15) is 12.2 Å². The van der Waals surface area contributed by atoms with E-state index in [9.17, 15) is 19.8 Å². The number of methoxy groups -OCH3 is 1. The van der Waals surface area contributed by atoms with E-state index in [1.165, 1.54) is 7.11 Å². The lowest BCUT2D eigenvalue weighted by Gasteiger charge is -2.62. The summed E-state index contributed by atoms with van der Waals surface area (Å²) in [5.74, 6) is -2.74. The van der Waals surface area contributed by atoms with E-state index in [2.05, 4.69) is 6.58 Å². The summed E-state index contributed by atoms with van der Waals surface area (Å²) in [6, 6.07) is 0. The molecule has 0 aromatic rings. The molecule has 7 heteroatoms. The van der Waals surface area contributed by atoms with E-state index in [-0.39, 0.29) is 6.42 Å². The Morgan fingerprint density at radius 3 is 2.70 bits per heavy atom. The fraction of sp³-hybridized carbons (Fsp3) is 0.750. The molecule has 126 valence electrons. The molecule has 2 saturated carbocycles. The number of fused-ring (bicyclic) bond motifs is 3. The third-order valence-corrected chi connectivity index (χ3v) is 6.57. The number of carbonyl (C=O) groups excluding carboxylic acids is 2. The van der Waals surface area contributed by atoms with Crippen LogP contribution < -0.4 is 0 Å². The molecule has 0 aromatic heterocycles. The third-order valence-electron chi connectivity index (χ3n) is 6.57. The van der Waals surface area contributed by atoms with E-state index in [4.69, 9.17) is 14.2 Å². The van der Waals surface area contributed by atoms with E-state index in [0.29, 0.717) is 5.57 Å². The minimum atomic E-state index is -1.51. The van der Waals surface area contributed by atoms with Crippen molar-refractivity contribution in [2.45, 2.75) is 49.8 Å². The van der Waals surface area contributed by atoms with Crippen LogP contribution in [-0.2, 0) is 23.8 Å². The van der Waals surface area contributed by atoms with Gasteiger partial charge in [0, 0.05) is 12.3 Å². The Bertz CT molecular complexity index is 644. The molecule has 8 atom stereocenters. The Kier molecular flexibility index (Phi) is 2.60. The van der Waals surface area contributed by atoms with Crippen LogP contribution in [0.3, 0.4) is 0 Å². The predicted octanol–water partition coefficient (Wildman–Crippen LogP) is -0.454. The quantitative estimate of drug-likeness (QED) is 0.402. The number of hydrogen-bond acceptors (Lipinski definition) is 7. The fourth-order valence-corrected chi connectivity index (χ4v) is 5.43. The second-order valence-corrected chi connectivity index (χ2v) is 7.36. The van der Waals surface area contributed by atoms with E-state index in [0.717, 1.165) is 0 Å². The van der Waals surface area contributed by atoms with Gasteiger partial charge in [0.2, 0.25) is 5.60 Å². The summed E-state index contributed by atoms with van der Waals surface area (Å²) in [5, 5.41) is 22.2. The molecule has 7 nitrogen and oxygen atoms in total. The fourth-order valence-electron chi connectivity index (χ4n) is 5.43. The number of hydrogen-bond donors (Lipinski definition) is 2. The van der Waals surface area contributed by atoms with Crippen molar-refractivity contribution >= 4 is 11.9 Å². The zero-order chi connectivity index (χ0) is 16.9. The van der Waals surface area contributed by atoms with E-state index in [1.54, 1.807) is 13.8 Å². The van der Waals surface area contributed by atoms with Gasteiger partial charge in [0.25, 0.3) is 0 Å². The molecule has 0 amide bonds. The zero-order valence-electron chi connectivity index (χ0n) is 13.2. The number of carbonyl (C=O) groups is 2. The lowest BCUT2D eigenvalue weighted by atomic mass is 9.49. The van der Waals surface area contributed by atoms with E-state index >= 15 is 0 Å².